The van der Waals surface area contributed by atoms with Crippen LogP contribution >= 0.6 is 0 Å². The first-order valence-electron chi connectivity index (χ1n) is 2.74. The summed E-state index contributed by atoms with van der Waals surface area (Å²) in [5.74, 6) is -2.79. The molecule has 6 heteroatoms. The maximum Gasteiger partial charge on any atom is 0.335 e. The topological polar surface area (TPSA) is 110 Å². The second-order valence-corrected chi connectivity index (χ2v) is 1.86. The summed E-state index contributed by atoms with van der Waals surface area (Å²) >= 11 is 0. The third kappa shape index (κ3) is 2.52. The molecule has 0 amide bonds. The minimum Gasteiger partial charge on any atom is -0.480 e. The number of carbonyl (C=O) groups is 2. The van der Waals surface area contributed by atoms with E-state index in [4.69, 9.17) is 15.9 Å². The SMILES string of the molecule is COC(C(=O)O)[C@H](N)C(=O)O. The molecule has 0 heterocycles. The van der Waals surface area contributed by atoms with Crippen LogP contribution in [0.4, 0.5) is 0 Å². The highest BCUT2D eigenvalue weighted by Crippen LogP contribution is 1.95. The second-order valence-electron chi connectivity index (χ2n) is 1.86. The Bertz CT molecular complexity index is 168. The highest BCUT2D eigenvalue weighted by molar-refractivity contribution is 5.84. The molecule has 64 valence electrons. The van der Waals surface area contributed by atoms with Crippen molar-refractivity contribution >= 4 is 11.9 Å². The van der Waals surface area contributed by atoms with E-state index in [0.717, 1.165) is 7.11 Å². The number of carboxylic acid groups (broad SMARTS) is 2. The Kier molecular flexibility index (Phi) is 3.49. The average Bonchev–Trinajstić information content (AvgIpc) is 1.88. The summed E-state index contributed by atoms with van der Waals surface area (Å²) in [4.78, 5) is 20.3. The molecule has 0 aliphatic carbocycles. The minimum absolute atomic E-state index is 1.08. The molecule has 0 saturated heterocycles. The van der Waals surface area contributed by atoms with E-state index < -0.39 is 24.1 Å². The predicted octanol–water partition coefficient (Wildman–Crippen LogP) is -1.50. The van der Waals surface area contributed by atoms with Gasteiger partial charge in [-0.1, -0.05) is 0 Å². The van der Waals surface area contributed by atoms with Crippen LogP contribution in [0, 0.1) is 0 Å². The van der Waals surface area contributed by atoms with Crippen molar-refractivity contribution in [2.24, 2.45) is 5.73 Å². The van der Waals surface area contributed by atoms with Crippen LogP contribution < -0.4 is 5.73 Å². The van der Waals surface area contributed by atoms with Crippen molar-refractivity contribution in [3.05, 3.63) is 0 Å². The maximum absolute atomic E-state index is 10.2. The number of hydrogen-bond donors (Lipinski definition) is 3. The smallest absolute Gasteiger partial charge is 0.335 e. The molecule has 4 N–H and O–H groups in total. The van der Waals surface area contributed by atoms with Crippen molar-refractivity contribution in [3.8, 4) is 0 Å². The second kappa shape index (κ2) is 3.89. The first kappa shape index (κ1) is 9.86. The van der Waals surface area contributed by atoms with E-state index in [1.807, 2.05) is 0 Å². The third-order valence-corrected chi connectivity index (χ3v) is 1.11. The molecule has 0 aromatic carbocycles. The summed E-state index contributed by atoms with van der Waals surface area (Å²) in [5, 5.41) is 16.6. The molecule has 6 nitrogen and oxygen atoms in total. The summed E-state index contributed by atoms with van der Waals surface area (Å²) in [6.07, 6.45) is -1.49. The molecule has 0 aromatic heterocycles. The van der Waals surface area contributed by atoms with Crippen LogP contribution in [0.15, 0.2) is 0 Å². The molecule has 1 unspecified atom stereocenters. The molecule has 2 atom stereocenters. The van der Waals surface area contributed by atoms with E-state index in [0.29, 0.717) is 0 Å². The molecule has 0 rings (SSSR count). The van der Waals surface area contributed by atoms with E-state index >= 15 is 0 Å². The molecule has 0 aromatic rings. The number of aliphatic carboxylic acids is 2. The van der Waals surface area contributed by atoms with Gasteiger partial charge in [0.2, 0.25) is 0 Å². The predicted molar refractivity (Wildman–Crippen MR) is 34.0 cm³/mol. The van der Waals surface area contributed by atoms with Crippen LogP contribution in [0.1, 0.15) is 0 Å². The van der Waals surface area contributed by atoms with Gasteiger partial charge in [-0.3, -0.25) is 4.79 Å². The number of ether oxygens (including phenoxy) is 1. The summed E-state index contributed by atoms with van der Waals surface area (Å²) < 4.78 is 4.33. The largest absolute Gasteiger partial charge is 0.480 e. The van der Waals surface area contributed by atoms with E-state index in [-0.39, 0.29) is 0 Å². The van der Waals surface area contributed by atoms with Gasteiger partial charge in [0.25, 0.3) is 0 Å². The Labute approximate surface area is 62.6 Å². The van der Waals surface area contributed by atoms with Gasteiger partial charge < -0.3 is 20.7 Å². The average molecular weight is 163 g/mol. The fourth-order valence-corrected chi connectivity index (χ4v) is 0.531. The van der Waals surface area contributed by atoms with Crippen molar-refractivity contribution in [2.45, 2.75) is 12.1 Å². The quantitative estimate of drug-likeness (QED) is 0.465. The lowest BCUT2D eigenvalue weighted by Crippen LogP contribution is -2.47. The van der Waals surface area contributed by atoms with Gasteiger partial charge in [-0.2, -0.15) is 0 Å². The molecule has 0 spiro atoms. The number of nitrogens with two attached hydrogens (primary N) is 1. The van der Waals surface area contributed by atoms with Crippen LogP contribution in [0.2, 0.25) is 0 Å². The number of carboxylic acids is 2. The van der Waals surface area contributed by atoms with Crippen molar-refractivity contribution in [1.29, 1.82) is 0 Å². The normalized spacial score (nSPS) is 15.5. The minimum atomic E-state index is -1.53. The molecule has 0 radical (unpaired) electrons. The van der Waals surface area contributed by atoms with E-state index in [2.05, 4.69) is 4.74 Å². The maximum atomic E-state index is 10.2. The van der Waals surface area contributed by atoms with E-state index in [1.54, 1.807) is 0 Å². The van der Waals surface area contributed by atoms with Crippen LogP contribution in [-0.4, -0.2) is 41.4 Å². The van der Waals surface area contributed by atoms with E-state index in [9.17, 15) is 9.59 Å². The van der Waals surface area contributed by atoms with Crippen LogP contribution in [0.25, 0.3) is 0 Å². The standard InChI is InChI=1S/C5H9NO5/c1-11-3(5(9)10)2(6)4(7)8/h2-3H,6H2,1H3,(H,7,8)(H,9,10)/t2-,3?/m0/s1. The van der Waals surface area contributed by atoms with Crippen molar-refractivity contribution in [3.63, 3.8) is 0 Å². The van der Waals surface area contributed by atoms with Crippen LogP contribution in [0.5, 0.6) is 0 Å². The molecule has 0 aliphatic rings. The first-order valence-corrected chi connectivity index (χ1v) is 2.74. The number of methoxy groups -OCH3 is 1. The van der Waals surface area contributed by atoms with Crippen molar-refractivity contribution in [2.75, 3.05) is 7.11 Å². The van der Waals surface area contributed by atoms with Gasteiger partial charge in [-0.25, -0.2) is 4.79 Å². The van der Waals surface area contributed by atoms with Gasteiger partial charge in [0.1, 0.15) is 6.04 Å². The monoisotopic (exact) mass is 163 g/mol. The van der Waals surface area contributed by atoms with Crippen LogP contribution in [0.3, 0.4) is 0 Å². The molecule has 0 bridgehead atoms. The molecule has 0 saturated carbocycles. The van der Waals surface area contributed by atoms with Crippen LogP contribution in [-0.2, 0) is 14.3 Å². The lowest BCUT2D eigenvalue weighted by Gasteiger charge is -2.13. The molecular weight excluding hydrogens is 154 g/mol. The molecular formula is C5H9NO5. The fourth-order valence-electron chi connectivity index (χ4n) is 0.531. The Morgan fingerprint density at radius 2 is 1.82 bits per heavy atom. The lowest BCUT2D eigenvalue weighted by atomic mass is 10.2. The van der Waals surface area contributed by atoms with Gasteiger partial charge in [-0.15, -0.1) is 0 Å². The van der Waals surface area contributed by atoms with Gasteiger partial charge in [-0.05, 0) is 0 Å². The van der Waals surface area contributed by atoms with Gasteiger partial charge >= 0.3 is 11.9 Å². The molecule has 0 fully saturated rings. The fraction of sp³-hybridized carbons (Fsp3) is 0.600. The summed E-state index contributed by atoms with van der Waals surface area (Å²) in [5.41, 5.74) is 4.97. The van der Waals surface area contributed by atoms with Crippen molar-refractivity contribution in [1.82, 2.24) is 0 Å². The Balaban J connectivity index is 4.25. The van der Waals surface area contributed by atoms with Gasteiger partial charge in [0, 0.05) is 7.11 Å². The van der Waals surface area contributed by atoms with Gasteiger partial charge in [0.05, 0.1) is 0 Å². The lowest BCUT2D eigenvalue weighted by molar-refractivity contribution is -0.156. The first-order chi connectivity index (χ1) is 5.00. The van der Waals surface area contributed by atoms with E-state index in [1.165, 1.54) is 0 Å². The third-order valence-electron chi connectivity index (χ3n) is 1.11. The zero-order chi connectivity index (χ0) is 9.02. The highest BCUT2D eigenvalue weighted by Gasteiger charge is 2.30. The number of hydrogen-bond acceptors (Lipinski definition) is 4. The summed E-state index contributed by atoms with van der Waals surface area (Å²) in [7, 11) is 1.08. The van der Waals surface area contributed by atoms with Crippen molar-refractivity contribution < 1.29 is 24.5 Å². The number of rotatable bonds is 4. The highest BCUT2D eigenvalue weighted by atomic mass is 16.5. The summed E-state index contributed by atoms with van der Waals surface area (Å²) in [6.45, 7) is 0. The molecule has 0 aliphatic heterocycles. The Hall–Kier alpha value is -1.14. The molecule has 11 heavy (non-hydrogen) atoms. The zero-order valence-electron chi connectivity index (χ0n) is 5.85. The Morgan fingerprint density at radius 1 is 1.36 bits per heavy atom. The summed E-state index contributed by atoms with van der Waals surface area (Å²) in [6, 6.07) is -1.53. The van der Waals surface area contributed by atoms with Gasteiger partial charge in [0.15, 0.2) is 6.10 Å². The Morgan fingerprint density at radius 3 is 1.91 bits per heavy atom. The zero-order valence-corrected chi connectivity index (χ0v) is 5.85.